The number of esters is 1. The summed E-state index contributed by atoms with van der Waals surface area (Å²) < 4.78 is 18.0. The molecule has 2 N–H and O–H groups in total. The number of rotatable bonds is 5. The van der Waals surface area contributed by atoms with Gasteiger partial charge < -0.3 is 15.0 Å². The van der Waals surface area contributed by atoms with E-state index in [4.69, 9.17) is 4.74 Å². The van der Waals surface area contributed by atoms with Gasteiger partial charge in [0.25, 0.3) is 5.91 Å². The number of amides is 1. The average Bonchev–Trinajstić information content (AvgIpc) is 2.71. The molecule has 3 rings (SSSR count). The topological polar surface area (TPSA) is 59.8 Å². The Morgan fingerprint density at radius 1 is 1.07 bits per heavy atom. The Labute approximate surface area is 158 Å². The highest BCUT2D eigenvalue weighted by Gasteiger charge is 2.36. The summed E-state index contributed by atoms with van der Waals surface area (Å²) >= 11 is 0. The van der Waals surface area contributed by atoms with Gasteiger partial charge in [0.1, 0.15) is 5.82 Å². The van der Waals surface area contributed by atoms with Crippen molar-refractivity contribution in [3.05, 3.63) is 66.0 Å². The SMILES string of the molecule is COC(=O)C1CC[NH+]([C@H](C(=O)Nc2ccc(F)cc2)c2ccccc2)CC1. The molecule has 0 spiro atoms. The fourth-order valence-electron chi connectivity index (χ4n) is 3.65. The molecule has 1 atom stereocenters. The molecule has 0 bridgehead atoms. The first kappa shape index (κ1) is 19.0. The lowest BCUT2D eigenvalue weighted by atomic mass is 9.94. The highest BCUT2D eigenvalue weighted by atomic mass is 19.1. The first-order valence-corrected chi connectivity index (χ1v) is 9.12. The summed E-state index contributed by atoms with van der Waals surface area (Å²) in [5.74, 6) is -0.765. The molecule has 0 aliphatic carbocycles. The number of likely N-dealkylation sites (tertiary alicyclic amines) is 1. The summed E-state index contributed by atoms with van der Waals surface area (Å²) in [5.41, 5.74) is 1.48. The number of hydrogen-bond donors (Lipinski definition) is 2. The molecule has 0 aromatic heterocycles. The average molecular weight is 371 g/mol. The maximum atomic E-state index is 13.1. The van der Waals surface area contributed by atoms with Crippen LogP contribution in [-0.2, 0) is 14.3 Å². The van der Waals surface area contributed by atoms with Crippen LogP contribution in [0.1, 0.15) is 24.4 Å². The lowest BCUT2D eigenvalue weighted by Gasteiger charge is -2.33. The molecule has 1 aliphatic rings. The number of anilines is 1. The Balaban J connectivity index is 1.77. The van der Waals surface area contributed by atoms with E-state index in [-0.39, 0.29) is 23.6 Å². The molecule has 1 aliphatic heterocycles. The smallest absolute Gasteiger partial charge is 0.309 e. The zero-order valence-electron chi connectivity index (χ0n) is 15.3. The third kappa shape index (κ3) is 4.71. The Hall–Kier alpha value is -2.73. The van der Waals surface area contributed by atoms with E-state index < -0.39 is 6.04 Å². The molecular formula is C21H24FN2O3+. The van der Waals surface area contributed by atoms with Crippen LogP contribution in [0.25, 0.3) is 0 Å². The number of benzene rings is 2. The van der Waals surface area contributed by atoms with Gasteiger partial charge in [0.05, 0.1) is 26.1 Å². The van der Waals surface area contributed by atoms with Crippen molar-refractivity contribution in [2.45, 2.75) is 18.9 Å². The summed E-state index contributed by atoms with van der Waals surface area (Å²) in [6.07, 6.45) is 1.38. The number of quaternary nitrogens is 1. The monoisotopic (exact) mass is 371 g/mol. The van der Waals surface area contributed by atoms with E-state index in [2.05, 4.69) is 5.32 Å². The number of halogens is 1. The summed E-state index contributed by atoms with van der Waals surface area (Å²) in [4.78, 5) is 25.9. The van der Waals surface area contributed by atoms with Gasteiger partial charge in [-0.1, -0.05) is 30.3 Å². The molecule has 1 fully saturated rings. The van der Waals surface area contributed by atoms with Crippen LogP contribution < -0.4 is 10.2 Å². The number of methoxy groups -OCH3 is 1. The van der Waals surface area contributed by atoms with E-state index >= 15 is 0 Å². The van der Waals surface area contributed by atoms with E-state index in [1.54, 1.807) is 12.1 Å². The molecule has 2 aromatic carbocycles. The Kier molecular flexibility index (Phi) is 6.19. The third-order valence-electron chi connectivity index (χ3n) is 5.08. The van der Waals surface area contributed by atoms with Crippen molar-refractivity contribution in [3.8, 4) is 0 Å². The van der Waals surface area contributed by atoms with Gasteiger partial charge in [-0.3, -0.25) is 9.59 Å². The summed E-state index contributed by atoms with van der Waals surface area (Å²) in [6.45, 7) is 1.41. The largest absolute Gasteiger partial charge is 0.469 e. The lowest BCUT2D eigenvalue weighted by Crippen LogP contribution is -3.14. The predicted molar refractivity (Wildman–Crippen MR) is 99.6 cm³/mol. The van der Waals surface area contributed by atoms with Crippen LogP contribution in [0, 0.1) is 11.7 Å². The van der Waals surface area contributed by atoms with E-state index in [1.165, 1.54) is 19.2 Å². The van der Waals surface area contributed by atoms with Crippen molar-refractivity contribution in [2.75, 3.05) is 25.5 Å². The first-order chi connectivity index (χ1) is 13.1. The van der Waals surface area contributed by atoms with Crippen LogP contribution in [0.3, 0.4) is 0 Å². The van der Waals surface area contributed by atoms with Crippen LogP contribution in [0.15, 0.2) is 54.6 Å². The van der Waals surface area contributed by atoms with Crippen molar-refractivity contribution in [2.24, 2.45) is 5.92 Å². The van der Waals surface area contributed by atoms with Gasteiger partial charge in [0.2, 0.25) is 0 Å². The van der Waals surface area contributed by atoms with Crippen LogP contribution in [0.5, 0.6) is 0 Å². The maximum absolute atomic E-state index is 13.1. The molecule has 2 aromatic rings. The molecule has 0 saturated carbocycles. The highest BCUT2D eigenvalue weighted by Crippen LogP contribution is 2.18. The van der Waals surface area contributed by atoms with Crippen LogP contribution in [0.4, 0.5) is 10.1 Å². The first-order valence-electron chi connectivity index (χ1n) is 9.12. The molecule has 1 saturated heterocycles. The van der Waals surface area contributed by atoms with Gasteiger partial charge in [0.15, 0.2) is 6.04 Å². The van der Waals surface area contributed by atoms with Gasteiger partial charge >= 0.3 is 5.97 Å². The molecule has 5 nitrogen and oxygen atoms in total. The molecule has 6 heteroatoms. The molecule has 1 heterocycles. The maximum Gasteiger partial charge on any atom is 0.309 e. The van der Waals surface area contributed by atoms with E-state index in [0.29, 0.717) is 31.6 Å². The van der Waals surface area contributed by atoms with Gasteiger partial charge in [-0.05, 0) is 24.3 Å². The third-order valence-corrected chi connectivity index (χ3v) is 5.08. The Bertz CT molecular complexity index is 772. The van der Waals surface area contributed by atoms with Gasteiger partial charge in [-0.15, -0.1) is 0 Å². The molecule has 1 amide bonds. The summed E-state index contributed by atoms with van der Waals surface area (Å²) in [5, 5.41) is 2.89. The minimum atomic E-state index is -0.394. The number of carbonyl (C=O) groups excluding carboxylic acids is 2. The predicted octanol–water partition coefficient (Wildman–Crippen LogP) is 1.97. The Morgan fingerprint density at radius 2 is 1.70 bits per heavy atom. The van der Waals surface area contributed by atoms with Gasteiger partial charge in [0, 0.05) is 24.1 Å². The van der Waals surface area contributed by atoms with E-state index in [0.717, 1.165) is 10.5 Å². The summed E-state index contributed by atoms with van der Waals surface area (Å²) in [6, 6.07) is 15.0. The number of piperidine rings is 1. The summed E-state index contributed by atoms with van der Waals surface area (Å²) in [7, 11) is 1.41. The van der Waals surface area contributed by atoms with Crippen molar-refractivity contribution < 1.29 is 23.6 Å². The number of nitrogens with one attached hydrogen (secondary N) is 2. The van der Waals surface area contributed by atoms with Crippen molar-refractivity contribution >= 4 is 17.6 Å². The van der Waals surface area contributed by atoms with Gasteiger partial charge in [-0.2, -0.15) is 0 Å². The minimum absolute atomic E-state index is 0.102. The second-order valence-electron chi connectivity index (χ2n) is 6.80. The molecule has 0 unspecified atom stereocenters. The molecule has 142 valence electrons. The van der Waals surface area contributed by atoms with E-state index in [9.17, 15) is 14.0 Å². The highest BCUT2D eigenvalue weighted by molar-refractivity contribution is 5.94. The van der Waals surface area contributed by atoms with Crippen LogP contribution in [-0.4, -0.2) is 32.1 Å². The number of hydrogen-bond acceptors (Lipinski definition) is 3. The van der Waals surface area contributed by atoms with Crippen LogP contribution in [0.2, 0.25) is 0 Å². The minimum Gasteiger partial charge on any atom is -0.469 e. The quantitative estimate of drug-likeness (QED) is 0.790. The second-order valence-corrected chi connectivity index (χ2v) is 6.80. The van der Waals surface area contributed by atoms with Crippen molar-refractivity contribution in [3.63, 3.8) is 0 Å². The van der Waals surface area contributed by atoms with Crippen molar-refractivity contribution in [1.82, 2.24) is 0 Å². The molecule has 27 heavy (non-hydrogen) atoms. The normalized spacial score (nSPS) is 20.5. The van der Waals surface area contributed by atoms with Gasteiger partial charge in [-0.25, -0.2) is 4.39 Å². The fraction of sp³-hybridized carbons (Fsp3) is 0.333. The number of ether oxygens (including phenoxy) is 1. The van der Waals surface area contributed by atoms with E-state index in [1.807, 2.05) is 30.3 Å². The second kappa shape index (κ2) is 8.77. The molecule has 0 radical (unpaired) electrons. The Morgan fingerprint density at radius 3 is 2.30 bits per heavy atom. The number of carbonyl (C=O) groups is 2. The lowest BCUT2D eigenvalue weighted by molar-refractivity contribution is -0.927. The zero-order chi connectivity index (χ0) is 19.2. The standard InChI is InChI=1S/C21H23FN2O3/c1-27-21(26)16-11-13-24(14-12-16)19(15-5-3-2-4-6-15)20(25)23-18-9-7-17(22)8-10-18/h2-10,16,19H,11-14H2,1H3,(H,23,25)/p+1/t19-/m0/s1. The van der Waals surface area contributed by atoms with Crippen LogP contribution >= 0.6 is 0 Å². The van der Waals surface area contributed by atoms with Crippen molar-refractivity contribution in [1.29, 1.82) is 0 Å². The fourth-order valence-corrected chi connectivity index (χ4v) is 3.65. The molecular weight excluding hydrogens is 347 g/mol. The zero-order valence-corrected chi connectivity index (χ0v) is 15.3.